The van der Waals surface area contributed by atoms with Crippen LogP contribution in [-0.4, -0.2) is 10.9 Å². The number of carbonyl (C=O) groups is 1. The second kappa shape index (κ2) is 4.94. The van der Waals surface area contributed by atoms with Crippen LogP contribution in [0.1, 0.15) is 15.9 Å². The van der Waals surface area contributed by atoms with Crippen molar-refractivity contribution in [3.8, 4) is 0 Å². The number of fused-ring (bicyclic) bond motifs is 1. The van der Waals surface area contributed by atoms with E-state index in [2.05, 4.69) is 10.3 Å². The number of pyridine rings is 1. The number of aromatic nitrogens is 1. The molecule has 2 aromatic heterocycles. The molecule has 1 amide bonds. The number of nitrogens with one attached hydrogen (secondary N) is 2. The predicted molar refractivity (Wildman–Crippen MR) is 81.6 cm³/mol. The smallest absolute Gasteiger partial charge is 0.261 e. The molecule has 100 valence electrons. The highest BCUT2D eigenvalue weighted by molar-refractivity contribution is 7.17. The quantitative estimate of drug-likeness (QED) is 0.759. The van der Waals surface area contributed by atoms with Gasteiger partial charge in [0.1, 0.15) is 5.56 Å². The minimum absolute atomic E-state index is 0.126. The normalized spacial score (nSPS) is 10.7. The second-order valence-electron chi connectivity index (χ2n) is 4.52. The average Bonchev–Trinajstić information content (AvgIpc) is 2.88. The molecule has 0 fully saturated rings. The molecular weight excluding hydrogens is 272 g/mol. The fourth-order valence-electron chi connectivity index (χ4n) is 2.03. The van der Waals surface area contributed by atoms with Crippen LogP contribution in [0.5, 0.6) is 0 Å². The van der Waals surface area contributed by atoms with Crippen LogP contribution in [0.3, 0.4) is 0 Å². The Kier molecular flexibility index (Phi) is 3.12. The third kappa shape index (κ3) is 2.23. The molecule has 0 saturated heterocycles. The molecule has 3 aromatic rings. The summed E-state index contributed by atoms with van der Waals surface area (Å²) in [5.74, 6) is -0.396. The molecule has 0 aliphatic rings. The van der Waals surface area contributed by atoms with Gasteiger partial charge in [0.05, 0.1) is 10.2 Å². The molecule has 0 aliphatic heterocycles. The van der Waals surface area contributed by atoms with Crippen LogP contribution in [0.15, 0.2) is 46.7 Å². The molecule has 0 saturated carbocycles. The molecular formula is C15H12N2O2S. The molecule has 1 aromatic carbocycles. The van der Waals surface area contributed by atoms with Crippen molar-refractivity contribution >= 4 is 33.1 Å². The average molecular weight is 284 g/mol. The number of benzene rings is 1. The van der Waals surface area contributed by atoms with Crippen molar-refractivity contribution in [3.63, 3.8) is 0 Å². The molecule has 4 nitrogen and oxygen atoms in total. The zero-order chi connectivity index (χ0) is 14.1. The van der Waals surface area contributed by atoms with E-state index in [0.29, 0.717) is 10.4 Å². The third-order valence-corrected chi connectivity index (χ3v) is 3.92. The molecule has 2 heterocycles. The summed E-state index contributed by atoms with van der Waals surface area (Å²) in [5, 5.41) is 4.57. The number of hydrogen-bond acceptors (Lipinski definition) is 3. The van der Waals surface area contributed by atoms with E-state index < -0.39 is 5.91 Å². The van der Waals surface area contributed by atoms with Gasteiger partial charge in [-0.3, -0.25) is 9.59 Å². The maximum absolute atomic E-state index is 12.2. The highest BCUT2D eigenvalue weighted by Gasteiger charge is 2.13. The molecule has 20 heavy (non-hydrogen) atoms. The minimum atomic E-state index is -0.396. The summed E-state index contributed by atoms with van der Waals surface area (Å²) in [6.45, 7) is 1.94. The lowest BCUT2D eigenvalue weighted by Gasteiger charge is -2.05. The minimum Gasteiger partial charge on any atom is -0.359 e. The van der Waals surface area contributed by atoms with Crippen LogP contribution < -0.4 is 10.7 Å². The van der Waals surface area contributed by atoms with E-state index in [0.717, 1.165) is 11.1 Å². The first-order valence-corrected chi connectivity index (χ1v) is 7.00. The summed E-state index contributed by atoms with van der Waals surface area (Å²) in [5.41, 5.74) is 2.37. The number of aromatic amines is 1. The van der Waals surface area contributed by atoms with Crippen molar-refractivity contribution in [1.29, 1.82) is 0 Å². The Hall–Kier alpha value is -2.40. The van der Waals surface area contributed by atoms with Gasteiger partial charge in [0, 0.05) is 11.9 Å². The van der Waals surface area contributed by atoms with Crippen LogP contribution >= 0.6 is 11.3 Å². The number of aryl methyl sites for hydroxylation is 1. The zero-order valence-electron chi connectivity index (χ0n) is 10.8. The van der Waals surface area contributed by atoms with E-state index in [9.17, 15) is 9.59 Å². The van der Waals surface area contributed by atoms with E-state index in [1.165, 1.54) is 17.5 Å². The summed E-state index contributed by atoms with van der Waals surface area (Å²) in [6.07, 6.45) is 1.46. The van der Waals surface area contributed by atoms with Crippen LogP contribution in [-0.2, 0) is 0 Å². The van der Waals surface area contributed by atoms with Gasteiger partial charge in [0.2, 0.25) is 5.43 Å². The van der Waals surface area contributed by atoms with E-state index in [1.807, 2.05) is 36.6 Å². The predicted octanol–water partition coefficient (Wildman–Crippen LogP) is 3.15. The van der Waals surface area contributed by atoms with E-state index in [-0.39, 0.29) is 11.0 Å². The largest absolute Gasteiger partial charge is 0.359 e. The highest BCUT2D eigenvalue weighted by Crippen LogP contribution is 2.16. The Bertz CT molecular complexity index is 848. The van der Waals surface area contributed by atoms with Crippen molar-refractivity contribution in [2.75, 3.05) is 5.32 Å². The van der Waals surface area contributed by atoms with Crippen molar-refractivity contribution in [3.05, 3.63) is 63.3 Å². The van der Waals surface area contributed by atoms with Gasteiger partial charge in [0.15, 0.2) is 0 Å². The van der Waals surface area contributed by atoms with Crippen molar-refractivity contribution in [2.24, 2.45) is 0 Å². The fraction of sp³-hybridized carbons (Fsp3) is 0.0667. The zero-order valence-corrected chi connectivity index (χ0v) is 11.6. The molecule has 0 radical (unpaired) electrons. The summed E-state index contributed by atoms with van der Waals surface area (Å²) < 4.78 is 0.571. The summed E-state index contributed by atoms with van der Waals surface area (Å²) in [6, 6.07) is 9.28. The Balaban J connectivity index is 1.96. The van der Waals surface area contributed by atoms with Gasteiger partial charge in [-0.15, -0.1) is 11.3 Å². The van der Waals surface area contributed by atoms with Crippen molar-refractivity contribution in [1.82, 2.24) is 4.98 Å². The first kappa shape index (κ1) is 12.6. The third-order valence-electron chi connectivity index (χ3n) is 3.01. The number of hydrogen-bond donors (Lipinski definition) is 2. The van der Waals surface area contributed by atoms with E-state index in [4.69, 9.17) is 0 Å². The van der Waals surface area contributed by atoms with Gasteiger partial charge in [-0.05, 0) is 36.1 Å². The maximum atomic E-state index is 12.2. The van der Waals surface area contributed by atoms with E-state index in [1.54, 1.807) is 6.07 Å². The summed E-state index contributed by atoms with van der Waals surface area (Å²) >= 11 is 1.33. The number of carbonyl (C=O) groups excluding carboxylic acids is 1. The van der Waals surface area contributed by atoms with Gasteiger partial charge < -0.3 is 10.3 Å². The van der Waals surface area contributed by atoms with Gasteiger partial charge in [0.25, 0.3) is 5.91 Å². The van der Waals surface area contributed by atoms with Crippen LogP contribution in [0, 0.1) is 6.92 Å². The summed E-state index contributed by atoms with van der Waals surface area (Å²) in [4.78, 5) is 27.4. The van der Waals surface area contributed by atoms with Gasteiger partial charge >= 0.3 is 0 Å². The Morgan fingerprint density at radius 1 is 1.30 bits per heavy atom. The SMILES string of the molecule is Cc1cccc(NC(=O)c2c[nH]c3ccsc3c2=O)c1. The van der Waals surface area contributed by atoms with Gasteiger partial charge in [-0.2, -0.15) is 0 Å². The fourth-order valence-corrected chi connectivity index (χ4v) is 2.84. The lowest BCUT2D eigenvalue weighted by Crippen LogP contribution is -2.21. The molecule has 2 N–H and O–H groups in total. The van der Waals surface area contributed by atoms with Crippen LogP contribution in [0.2, 0.25) is 0 Å². The standard InChI is InChI=1S/C15H12N2O2S/c1-9-3-2-4-10(7-9)17-15(19)11-8-16-12-5-6-20-14(12)13(11)18/h2-8H,1H3,(H,16,18)(H,17,19). The van der Waals surface area contributed by atoms with Gasteiger partial charge in [-0.1, -0.05) is 12.1 Å². The first-order chi connectivity index (χ1) is 9.65. The molecule has 0 unspecified atom stereocenters. The van der Waals surface area contributed by atoms with Crippen molar-refractivity contribution < 1.29 is 4.79 Å². The van der Waals surface area contributed by atoms with Crippen molar-refractivity contribution in [2.45, 2.75) is 6.92 Å². The summed E-state index contributed by atoms with van der Waals surface area (Å²) in [7, 11) is 0. The topological polar surface area (TPSA) is 62.0 Å². The Morgan fingerprint density at radius 3 is 2.95 bits per heavy atom. The molecule has 5 heteroatoms. The lowest BCUT2D eigenvalue weighted by molar-refractivity contribution is 0.102. The number of H-pyrrole nitrogens is 1. The second-order valence-corrected chi connectivity index (χ2v) is 5.43. The highest BCUT2D eigenvalue weighted by atomic mass is 32.1. The molecule has 0 spiro atoms. The molecule has 0 aliphatic carbocycles. The Labute approximate surface area is 119 Å². The number of anilines is 1. The van der Waals surface area contributed by atoms with E-state index >= 15 is 0 Å². The van der Waals surface area contributed by atoms with Crippen LogP contribution in [0.4, 0.5) is 5.69 Å². The lowest BCUT2D eigenvalue weighted by atomic mass is 10.2. The Morgan fingerprint density at radius 2 is 2.15 bits per heavy atom. The first-order valence-electron chi connectivity index (χ1n) is 6.12. The molecule has 3 rings (SSSR count). The monoisotopic (exact) mass is 284 g/mol. The van der Waals surface area contributed by atoms with Gasteiger partial charge in [-0.25, -0.2) is 0 Å². The number of thiophene rings is 1. The molecule has 0 atom stereocenters. The maximum Gasteiger partial charge on any atom is 0.261 e. The number of amides is 1. The van der Waals surface area contributed by atoms with Crippen LogP contribution in [0.25, 0.3) is 10.2 Å². The number of rotatable bonds is 2. The molecule has 0 bridgehead atoms.